The lowest BCUT2D eigenvalue weighted by molar-refractivity contribution is -0.173. The van der Waals surface area contributed by atoms with E-state index in [9.17, 15) is 13.6 Å². The number of esters is 1. The van der Waals surface area contributed by atoms with Crippen molar-refractivity contribution in [2.45, 2.75) is 12.8 Å². The Kier molecular flexibility index (Phi) is 3.23. The number of aromatic nitrogens is 1. The van der Waals surface area contributed by atoms with E-state index in [1.807, 2.05) is 0 Å². The van der Waals surface area contributed by atoms with Gasteiger partial charge in [-0.1, -0.05) is 24.3 Å². The number of ether oxygens (including phenoxy) is 1. The van der Waals surface area contributed by atoms with Gasteiger partial charge in [-0.05, 0) is 18.4 Å². The number of pyridine rings is 1. The maximum atomic E-state index is 13.9. The summed E-state index contributed by atoms with van der Waals surface area (Å²) in [6.45, 7) is 1.38. The van der Waals surface area contributed by atoms with Crippen molar-refractivity contribution in [2.24, 2.45) is 0 Å². The third-order valence-corrected chi connectivity index (χ3v) is 2.50. The van der Waals surface area contributed by atoms with E-state index < -0.39 is 17.6 Å². The molecule has 0 aliphatic rings. The second-order valence-corrected chi connectivity index (χ2v) is 3.68. The average Bonchev–Trinajstić information content (AvgIpc) is 2.38. The van der Waals surface area contributed by atoms with Crippen LogP contribution in [0.5, 0.6) is 0 Å². The molecular weight excluding hydrogens is 240 g/mol. The second-order valence-electron chi connectivity index (χ2n) is 3.68. The fraction of sp³-hybridized carbons (Fsp3) is 0.231. The zero-order chi connectivity index (χ0) is 13.2. The Morgan fingerprint density at radius 2 is 2.06 bits per heavy atom. The van der Waals surface area contributed by atoms with Crippen LogP contribution in [0.2, 0.25) is 0 Å². The molecule has 0 N–H and O–H groups in total. The van der Waals surface area contributed by atoms with E-state index >= 15 is 0 Å². The Morgan fingerprint density at radius 3 is 2.78 bits per heavy atom. The van der Waals surface area contributed by atoms with Gasteiger partial charge in [0.15, 0.2) is 0 Å². The molecule has 5 heteroatoms. The molecule has 3 nitrogen and oxygen atoms in total. The first-order valence-electron chi connectivity index (χ1n) is 5.46. The SMILES string of the molecule is CCOC(=O)C(F)(F)c1nccc2ccccc12. The average molecular weight is 251 g/mol. The van der Waals surface area contributed by atoms with Crippen molar-refractivity contribution in [1.29, 1.82) is 0 Å². The molecule has 1 aromatic carbocycles. The molecule has 0 fully saturated rings. The quantitative estimate of drug-likeness (QED) is 0.787. The van der Waals surface area contributed by atoms with Gasteiger partial charge in [0, 0.05) is 11.6 Å². The van der Waals surface area contributed by atoms with Crippen LogP contribution in [-0.4, -0.2) is 17.6 Å². The van der Waals surface area contributed by atoms with Crippen LogP contribution < -0.4 is 0 Å². The summed E-state index contributed by atoms with van der Waals surface area (Å²) in [6.07, 6.45) is 1.25. The maximum absolute atomic E-state index is 13.9. The summed E-state index contributed by atoms with van der Waals surface area (Å²) >= 11 is 0. The maximum Gasteiger partial charge on any atom is 0.384 e. The van der Waals surface area contributed by atoms with Gasteiger partial charge in [-0.15, -0.1) is 0 Å². The summed E-state index contributed by atoms with van der Waals surface area (Å²) < 4.78 is 32.2. The molecule has 0 spiro atoms. The van der Waals surface area contributed by atoms with Crippen LogP contribution in [0.3, 0.4) is 0 Å². The van der Waals surface area contributed by atoms with Crippen molar-refractivity contribution >= 4 is 16.7 Å². The molecule has 18 heavy (non-hydrogen) atoms. The van der Waals surface area contributed by atoms with Crippen molar-refractivity contribution in [3.8, 4) is 0 Å². The van der Waals surface area contributed by atoms with Crippen LogP contribution in [0.4, 0.5) is 8.78 Å². The number of carbonyl (C=O) groups is 1. The summed E-state index contributed by atoms with van der Waals surface area (Å²) in [6, 6.07) is 8.15. The minimum absolute atomic E-state index is 0.0980. The summed E-state index contributed by atoms with van der Waals surface area (Å²) in [7, 11) is 0. The Labute approximate surface area is 102 Å². The number of nitrogens with zero attached hydrogens (tertiary/aromatic N) is 1. The van der Waals surface area contributed by atoms with Gasteiger partial charge in [0.2, 0.25) is 0 Å². The van der Waals surface area contributed by atoms with Crippen molar-refractivity contribution < 1.29 is 18.3 Å². The number of benzene rings is 1. The van der Waals surface area contributed by atoms with Crippen molar-refractivity contribution in [3.05, 3.63) is 42.2 Å². The third kappa shape index (κ3) is 2.03. The first-order valence-corrected chi connectivity index (χ1v) is 5.46. The Morgan fingerprint density at radius 1 is 1.33 bits per heavy atom. The number of rotatable bonds is 3. The number of hydrogen-bond acceptors (Lipinski definition) is 3. The zero-order valence-electron chi connectivity index (χ0n) is 9.69. The molecule has 0 bridgehead atoms. The lowest BCUT2D eigenvalue weighted by Gasteiger charge is -2.15. The molecule has 2 aromatic rings. The molecule has 2 rings (SSSR count). The van der Waals surface area contributed by atoms with Gasteiger partial charge in [-0.25, -0.2) is 4.79 Å². The van der Waals surface area contributed by atoms with Crippen LogP contribution >= 0.6 is 0 Å². The number of fused-ring (bicyclic) bond motifs is 1. The first kappa shape index (κ1) is 12.4. The number of alkyl halides is 2. The molecule has 0 saturated heterocycles. The highest BCUT2D eigenvalue weighted by molar-refractivity contribution is 5.90. The third-order valence-electron chi connectivity index (χ3n) is 2.50. The normalized spacial score (nSPS) is 11.5. The lowest BCUT2D eigenvalue weighted by atomic mass is 10.1. The fourth-order valence-electron chi connectivity index (χ4n) is 1.69. The van der Waals surface area contributed by atoms with Crippen LogP contribution in [0, 0.1) is 0 Å². The Balaban J connectivity index is 2.56. The molecular formula is C13H11F2NO2. The van der Waals surface area contributed by atoms with E-state index in [4.69, 9.17) is 0 Å². The highest BCUT2D eigenvalue weighted by atomic mass is 19.3. The Hall–Kier alpha value is -2.04. The molecule has 1 aromatic heterocycles. The highest BCUT2D eigenvalue weighted by Crippen LogP contribution is 2.32. The van der Waals surface area contributed by atoms with Gasteiger partial charge in [-0.3, -0.25) is 4.98 Å². The zero-order valence-corrected chi connectivity index (χ0v) is 9.69. The molecule has 1 heterocycles. The van der Waals surface area contributed by atoms with E-state index in [2.05, 4.69) is 9.72 Å². The smallest absolute Gasteiger partial charge is 0.384 e. The van der Waals surface area contributed by atoms with Crippen molar-refractivity contribution in [2.75, 3.05) is 6.61 Å². The van der Waals surface area contributed by atoms with Crippen LogP contribution in [0.1, 0.15) is 12.6 Å². The second kappa shape index (κ2) is 4.68. The fourth-order valence-corrected chi connectivity index (χ4v) is 1.69. The van der Waals surface area contributed by atoms with Crippen molar-refractivity contribution in [1.82, 2.24) is 4.98 Å². The number of halogens is 2. The molecule has 0 aliphatic carbocycles. The Bertz CT molecular complexity index is 579. The van der Waals surface area contributed by atoms with Gasteiger partial charge in [0.05, 0.1) is 6.61 Å². The predicted molar refractivity (Wildman–Crippen MR) is 62.3 cm³/mol. The number of carbonyl (C=O) groups excluding carboxylic acids is 1. The molecule has 94 valence electrons. The predicted octanol–water partition coefficient (Wildman–Crippen LogP) is 2.89. The van der Waals surface area contributed by atoms with E-state index in [0.717, 1.165) is 0 Å². The summed E-state index contributed by atoms with van der Waals surface area (Å²) in [4.78, 5) is 14.9. The van der Waals surface area contributed by atoms with Crippen molar-refractivity contribution in [3.63, 3.8) is 0 Å². The molecule has 0 radical (unpaired) electrons. The minimum Gasteiger partial charge on any atom is -0.461 e. The molecule has 0 atom stereocenters. The molecule has 0 aliphatic heterocycles. The summed E-state index contributed by atoms with van der Waals surface area (Å²) in [5.41, 5.74) is -0.570. The van der Waals surface area contributed by atoms with Crippen LogP contribution in [-0.2, 0) is 15.5 Å². The van der Waals surface area contributed by atoms with Gasteiger partial charge in [0.25, 0.3) is 0 Å². The van der Waals surface area contributed by atoms with Gasteiger partial charge < -0.3 is 4.74 Å². The summed E-state index contributed by atoms with van der Waals surface area (Å²) in [5.74, 6) is -5.31. The molecule has 0 amide bonds. The molecule has 0 unspecified atom stereocenters. The van der Waals surface area contributed by atoms with E-state index in [-0.39, 0.29) is 12.0 Å². The first-order chi connectivity index (χ1) is 8.57. The van der Waals surface area contributed by atoms with Crippen LogP contribution in [0.15, 0.2) is 36.5 Å². The van der Waals surface area contributed by atoms with Gasteiger partial charge >= 0.3 is 11.9 Å². The van der Waals surface area contributed by atoms with E-state index in [1.54, 1.807) is 24.3 Å². The van der Waals surface area contributed by atoms with Gasteiger partial charge in [0.1, 0.15) is 5.69 Å². The van der Waals surface area contributed by atoms with Gasteiger partial charge in [-0.2, -0.15) is 8.78 Å². The van der Waals surface area contributed by atoms with E-state index in [1.165, 1.54) is 19.2 Å². The topological polar surface area (TPSA) is 39.2 Å². The largest absolute Gasteiger partial charge is 0.461 e. The number of hydrogen-bond donors (Lipinski definition) is 0. The van der Waals surface area contributed by atoms with Crippen LogP contribution in [0.25, 0.3) is 10.8 Å². The van der Waals surface area contributed by atoms with E-state index in [0.29, 0.717) is 5.39 Å². The monoisotopic (exact) mass is 251 g/mol. The minimum atomic E-state index is -3.74. The summed E-state index contributed by atoms with van der Waals surface area (Å²) in [5, 5.41) is 0.851. The lowest BCUT2D eigenvalue weighted by Crippen LogP contribution is -2.29. The molecule has 0 saturated carbocycles. The highest BCUT2D eigenvalue weighted by Gasteiger charge is 2.45. The standard InChI is InChI=1S/C13H11F2NO2/c1-2-18-12(17)13(14,15)11-10-6-4-3-5-9(10)7-8-16-11/h3-8H,2H2,1H3.